The summed E-state index contributed by atoms with van der Waals surface area (Å²) >= 11 is 1.15. The molecule has 0 radical (unpaired) electrons. The summed E-state index contributed by atoms with van der Waals surface area (Å²) in [6.45, 7) is 2.62. The number of halogens is 1. The number of anilines is 2. The van der Waals surface area contributed by atoms with Gasteiger partial charge in [0, 0.05) is 6.54 Å². The van der Waals surface area contributed by atoms with Gasteiger partial charge in [0.05, 0.1) is 12.3 Å². The lowest BCUT2D eigenvalue weighted by Gasteiger charge is -2.18. The molecule has 3 aromatic rings. The molecule has 0 aliphatic carbocycles. The largest absolute Gasteiger partial charge is 0.461 e. The van der Waals surface area contributed by atoms with E-state index in [9.17, 15) is 9.18 Å². The number of benzene rings is 1. The molecule has 0 amide bonds. The Labute approximate surface area is 140 Å². The molecular weight excluding hydrogens is 331 g/mol. The van der Waals surface area contributed by atoms with Gasteiger partial charge in [0.25, 0.3) is 0 Å². The Morgan fingerprint density at radius 2 is 2.29 bits per heavy atom. The van der Waals surface area contributed by atoms with Crippen molar-refractivity contribution >= 4 is 39.2 Å². The Kier molecular flexibility index (Phi) is 3.61. The molecule has 0 unspecified atom stereocenters. The van der Waals surface area contributed by atoms with Gasteiger partial charge in [-0.15, -0.1) is 0 Å². The summed E-state index contributed by atoms with van der Waals surface area (Å²) in [5.41, 5.74) is 1.94. The fourth-order valence-electron chi connectivity index (χ4n) is 2.84. The molecule has 0 N–H and O–H groups in total. The Morgan fingerprint density at radius 1 is 1.42 bits per heavy atom. The zero-order chi connectivity index (χ0) is 16.7. The van der Waals surface area contributed by atoms with Crippen molar-refractivity contribution in [3.05, 3.63) is 40.9 Å². The summed E-state index contributed by atoms with van der Waals surface area (Å²) in [7, 11) is 0. The number of hydrogen-bond acceptors (Lipinski definition) is 7. The molecule has 0 bridgehead atoms. The molecule has 0 spiro atoms. The highest BCUT2D eigenvalue weighted by atomic mass is 32.1. The number of esters is 1. The van der Waals surface area contributed by atoms with Crippen molar-refractivity contribution in [2.75, 3.05) is 18.1 Å². The third kappa shape index (κ3) is 2.30. The third-order valence-electron chi connectivity index (χ3n) is 3.83. The second-order valence-electron chi connectivity index (χ2n) is 5.24. The average Bonchev–Trinajstić information content (AvgIpc) is 3.19. The Hall–Kier alpha value is -2.61. The quantitative estimate of drug-likeness (QED) is 0.680. The first kappa shape index (κ1) is 14.9. The fraction of sp³-hybridized carbons (Fsp3) is 0.250. The first-order valence-corrected chi connectivity index (χ1v) is 8.34. The van der Waals surface area contributed by atoms with E-state index in [2.05, 4.69) is 15.0 Å². The van der Waals surface area contributed by atoms with Crippen LogP contribution in [0.3, 0.4) is 0 Å². The van der Waals surface area contributed by atoms with Crippen LogP contribution in [0.4, 0.5) is 15.9 Å². The van der Waals surface area contributed by atoms with Crippen molar-refractivity contribution in [1.29, 1.82) is 0 Å². The van der Waals surface area contributed by atoms with E-state index in [1.807, 2.05) is 6.07 Å². The van der Waals surface area contributed by atoms with Gasteiger partial charge >= 0.3 is 5.97 Å². The summed E-state index contributed by atoms with van der Waals surface area (Å²) in [6, 6.07) is 5.04. The van der Waals surface area contributed by atoms with Gasteiger partial charge < -0.3 is 9.64 Å². The van der Waals surface area contributed by atoms with Crippen LogP contribution in [-0.2, 0) is 11.2 Å². The second-order valence-corrected chi connectivity index (χ2v) is 6.22. The van der Waals surface area contributed by atoms with Gasteiger partial charge in [-0.05, 0) is 25.0 Å². The number of nitrogens with zero attached hydrogens (tertiary/aromatic N) is 4. The van der Waals surface area contributed by atoms with E-state index in [-0.39, 0.29) is 17.4 Å². The molecule has 1 aromatic carbocycles. The van der Waals surface area contributed by atoms with Crippen LogP contribution in [-0.4, -0.2) is 34.1 Å². The minimum atomic E-state index is -0.487. The summed E-state index contributed by atoms with van der Waals surface area (Å²) in [5, 5.41) is 0.224. The minimum absolute atomic E-state index is 0.224. The van der Waals surface area contributed by atoms with E-state index in [0.29, 0.717) is 28.4 Å². The van der Waals surface area contributed by atoms with E-state index >= 15 is 0 Å². The van der Waals surface area contributed by atoms with Crippen LogP contribution in [0.2, 0.25) is 0 Å². The molecule has 6 nitrogen and oxygen atoms in total. The maximum atomic E-state index is 14.3. The van der Waals surface area contributed by atoms with E-state index in [1.165, 1.54) is 12.4 Å². The van der Waals surface area contributed by atoms with Crippen molar-refractivity contribution in [3.63, 3.8) is 0 Å². The number of hydrogen-bond donors (Lipinski definition) is 0. The molecule has 0 fully saturated rings. The van der Waals surface area contributed by atoms with E-state index in [1.54, 1.807) is 17.9 Å². The lowest BCUT2D eigenvalue weighted by atomic mass is 10.1. The smallest absolute Gasteiger partial charge is 0.367 e. The normalized spacial score (nSPS) is 13.3. The summed E-state index contributed by atoms with van der Waals surface area (Å²) in [4.78, 5) is 27.1. The van der Waals surface area contributed by atoms with Gasteiger partial charge in [-0.1, -0.05) is 23.5 Å². The number of aromatic nitrogens is 3. The fourth-order valence-corrected chi connectivity index (χ4v) is 3.64. The molecule has 4 rings (SSSR count). The first-order chi connectivity index (χ1) is 11.7. The summed E-state index contributed by atoms with van der Waals surface area (Å²) in [5.74, 6) is -0.271. The van der Waals surface area contributed by atoms with Gasteiger partial charge in [-0.2, -0.15) is 0 Å². The number of ether oxygens (including phenoxy) is 1. The van der Waals surface area contributed by atoms with Gasteiger partial charge in [0.1, 0.15) is 22.5 Å². The topological polar surface area (TPSA) is 68.2 Å². The van der Waals surface area contributed by atoms with E-state index in [0.717, 1.165) is 23.3 Å². The number of rotatable bonds is 3. The van der Waals surface area contributed by atoms with Crippen molar-refractivity contribution in [1.82, 2.24) is 15.0 Å². The molecule has 24 heavy (non-hydrogen) atoms. The molecule has 8 heteroatoms. The van der Waals surface area contributed by atoms with Crippen molar-refractivity contribution in [2.45, 2.75) is 13.3 Å². The maximum Gasteiger partial charge on any atom is 0.367 e. The van der Waals surface area contributed by atoms with Crippen LogP contribution in [0.15, 0.2) is 24.5 Å². The van der Waals surface area contributed by atoms with E-state index < -0.39 is 5.97 Å². The predicted octanol–water partition coefficient (Wildman–Crippen LogP) is 3.10. The Bertz CT molecular complexity index is 943. The molecule has 3 heterocycles. The molecular formula is C16H13FN4O2S. The lowest BCUT2D eigenvalue weighted by Crippen LogP contribution is -2.16. The van der Waals surface area contributed by atoms with Crippen molar-refractivity contribution in [3.8, 4) is 0 Å². The van der Waals surface area contributed by atoms with Gasteiger partial charge in [-0.25, -0.2) is 24.1 Å². The Balaban J connectivity index is 1.83. The van der Waals surface area contributed by atoms with Crippen LogP contribution >= 0.6 is 11.3 Å². The predicted molar refractivity (Wildman–Crippen MR) is 88.3 cm³/mol. The van der Waals surface area contributed by atoms with Gasteiger partial charge in [-0.3, -0.25) is 0 Å². The van der Waals surface area contributed by atoms with Crippen molar-refractivity contribution in [2.24, 2.45) is 0 Å². The molecule has 122 valence electrons. The maximum absolute atomic E-state index is 14.3. The first-order valence-electron chi connectivity index (χ1n) is 7.52. The van der Waals surface area contributed by atoms with E-state index in [4.69, 9.17) is 4.74 Å². The highest BCUT2D eigenvalue weighted by Gasteiger charge is 2.28. The SMILES string of the molecule is CCOC(=O)c1nc2c(N3CCc4cccc(F)c43)ncnc2s1. The van der Waals surface area contributed by atoms with Crippen molar-refractivity contribution < 1.29 is 13.9 Å². The third-order valence-corrected chi connectivity index (χ3v) is 4.77. The molecule has 2 aromatic heterocycles. The number of carbonyl (C=O) groups is 1. The molecule has 1 aliphatic heterocycles. The molecule has 0 saturated carbocycles. The van der Waals surface area contributed by atoms with Crippen LogP contribution in [0.25, 0.3) is 10.3 Å². The molecule has 1 aliphatic rings. The highest BCUT2D eigenvalue weighted by Crippen LogP contribution is 2.38. The summed E-state index contributed by atoms with van der Waals surface area (Å²) in [6.07, 6.45) is 2.14. The number of thiazole rings is 1. The zero-order valence-electron chi connectivity index (χ0n) is 12.8. The Morgan fingerprint density at radius 3 is 3.12 bits per heavy atom. The van der Waals surface area contributed by atoms with Crippen LogP contribution < -0.4 is 4.90 Å². The number of carbonyl (C=O) groups excluding carboxylic acids is 1. The minimum Gasteiger partial charge on any atom is -0.461 e. The second kappa shape index (κ2) is 5.79. The van der Waals surface area contributed by atoms with Crippen LogP contribution in [0.5, 0.6) is 0 Å². The monoisotopic (exact) mass is 344 g/mol. The average molecular weight is 344 g/mol. The van der Waals surface area contributed by atoms with Crippen LogP contribution in [0.1, 0.15) is 22.3 Å². The zero-order valence-corrected chi connectivity index (χ0v) is 13.6. The highest BCUT2D eigenvalue weighted by molar-refractivity contribution is 7.19. The van der Waals surface area contributed by atoms with Gasteiger partial charge in [0.2, 0.25) is 5.01 Å². The summed E-state index contributed by atoms with van der Waals surface area (Å²) < 4.78 is 19.3. The number of fused-ring (bicyclic) bond motifs is 2. The van der Waals surface area contributed by atoms with Gasteiger partial charge in [0.15, 0.2) is 5.82 Å². The van der Waals surface area contributed by atoms with Crippen LogP contribution in [0, 0.1) is 5.82 Å². The number of para-hydroxylation sites is 1. The molecule has 0 atom stereocenters. The molecule has 0 saturated heterocycles. The lowest BCUT2D eigenvalue weighted by molar-refractivity contribution is 0.0526. The standard InChI is InChI=1S/C16H13FN4O2S/c1-2-23-16(22)15-20-11-13(18-8-19-14(11)24-15)21-7-6-9-4-3-5-10(17)12(9)21/h3-5,8H,2,6-7H2,1H3.